The molecule has 2 atom stereocenters. The summed E-state index contributed by atoms with van der Waals surface area (Å²) in [6.45, 7) is 7.47. The second-order valence-electron chi connectivity index (χ2n) is 9.65. The van der Waals surface area contributed by atoms with Crippen LogP contribution in [0.2, 0.25) is 0 Å². The number of fused-ring (bicyclic) bond motifs is 1. The van der Waals surface area contributed by atoms with Gasteiger partial charge < -0.3 is 20.2 Å². The van der Waals surface area contributed by atoms with Crippen LogP contribution in [-0.4, -0.2) is 68.4 Å². The number of aromatic nitrogens is 4. The molecular weight excluding hydrogens is 401 g/mol. The molecule has 1 aliphatic carbocycles. The molecule has 2 aliphatic heterocycles. The zero-order chi connectivity index (χ0) is 21.8. The molecule has 1 amide bonds. The molecule has 31 heavy (non-hydrogen) atoms. The molecule has 4 heterocycles. The largest absolute Gasteiger partial charge is 0.394 e. The number of nitrogens with one attached hydrogen (secondary N) is 1. The Hall–Kier alpha value is -2.75. The molecular formula is C21H28FN7O2. The summed E-state index contributed by atoms with van der Waals surface area (Å²) in [7, 11) is 0. The van der Waals surface area contributed by atoms with Crippen LogP contribution < -0.4 is 10.2 Å². The normalized spacial score (nSPS) is 27.6. The van der Waals surface area contributed by atoms with E-state index in [1.165, 1.54) is 6.20 Å². The molecule has 5 rings (SSSR count). The quantitative estimate of drug-likeness (QED) is 0.720. The van der Waals surface area contributed by atoms with Crippen molar-refractivity contribution in [1.29, 1.82) is 0 Å². The standard InChI is InChI=1S/C21H28FN7O2/c1-20-10-27(11-21(20,2)13-28(12-20)18(31)14-3-4-14)17-16(22)8-23-19(26-17)25-15-7-24-29(9-15)5-6-30/h7-9,14,30H,3-6,10-13H2,1-2H3,(H,23,25,26)/t20-,21+. The van der Waals surface area contributed by atoms with Crippen molar-refractivity contribution in [3.8, 4) is 0 Å². The lowest BCUT2D eigenvalue weighted by Crippen LogP contribution is -2.37. The molecule has 0 radical (unpaired) electrons. The zero-order valence-electron chi connectivity index (χ0n) is 17.9. The Balaban J connectivity index is 1.33. The summed E-state index contributed by atoms with van der Waals surface area (Å²) in [4.78, 5) is 25.1. The lowest BCUT2D eigenvalue weighted by Gasteiger charge is -2.29. The maximum absolute atomic E-state index is 14.7. The van der Waals surface area contributed by atoms with Gasteiger partial charge in [0.05, 0.1) is 31.2 Å². The number of hydrogen-bond acceptors (Lipinski definition) is 7. The van der Waals surface area contributed by atoms with Crippen molar-refractivity contribution in [2.75, 3.05) is 43.0 Å². The van der Waals surface area contributed by atoms with Gasteiger partial charge in [-0.1, -0.05) is 13.8 Å². The summed E-state index contributed by atoms with van der Waals surface area (Å²) in [6.07, 6.45) is 6.54. The Bertz CT molecular complexity index is 989. The first kappa shape index (κ1) is 20.2. The second-order valence-corrected chi connectivity index (χ2v) is 9.65. The molecule has 0 bridgehead atoms. The number of likely N-dealkylation sites (tertiary alicyclic amines) is 1. The van der Waals surface area contributed by atoms with E-state index in [0.717, 1.165) is 12.8 Å². The first-order valence-corrected chi connectivity index (χ1v) is 10.8. The Kier molecular flexibility index (Phi) is 4.65. The molecule has 9 nitrogen and oxygen atoms in total. The van der Waals surface area contributed by atoms with Crippen LogP contribution in [0.15, 0.2) is 18.6 Å². The first-order chi connectivity index (χ1) is 14.8. The van der Waals surface area contributed by atoms with Gasteiger partial charge in [0.1, 0.15) is 0 Å². The average Bonchev–Trinajstić information content (AvgIpc) is 3.35. The number of aliphatic hydroxyl groups excluding tert-OH is 1. The van der Waals surface area contributed by atoms with Crippen LogP contribution in [0.25, 0.3) is 0 Å². The van der Waals surface area contributed by atoms with Gasteiger partial charge >= 0.3 is 0 Å². The molecule has 2 aromatic rings. The fraction of sp³-hybridized carbons (Fsp3) is 0.619. The smallest absolute Gasteiger partial charge is 0.229 e. The number of amides is 1. The number of rotatable bonds is 6. The highest BCUT2D eigenvalue weighted by molar-refractivity contribution is 5.81. The fourth-order valence-electron chi connectivity index (χ4n) is 4.98. The van der Waals surface area contributed by atoms with Crippen molar-refractivity contribution in [2.45, 2.75) is 33.2 Å². The van der Waals surface area contributed by atoms with E-state index in [1.54, 1.807) is 17.1 Å². The molecule has 2 N–H and O–H groups in total. The van der Waals surface area contributed by atoms with Crippen LogP contribution in [-0.2, 0) is 11.3 Å². The maximum atomic E-state index is 14.7. The van der Waals surface area contributed by atoms with Gasteiger partial charge in [-0.05, 0) is 12.8 Å². The van der Waals surface area contributed by atoms with Gasteiger partial charge in [-0.15, -0.1) is 0 Å². The van der Waals surface area contributed by atoms with Gasteiger partial charge in [0.25, 0.3) is 0 Å². The van der Waals surface area contributed by atoms with E-state index in [-0.39, 0.29) is 41.0 Å². The summed E-state index contributed by atoms with van der Waals surface area (Å²) in [5.74, 6) is 0.608. The number of carbonyl (C=O) groups excluding carboxylic acids is 1. The average molecular weight is 430 g/mol. The zero-order valence-corrected chi connectivity index (χ0v) is 17.9. The van der Waals surface area contributed by atoms with Gasteiger partial charge in [0, 0.05) is 49.1 Å². The van der Waals surface area contributed by atoms with E-state index in [9.17, 15) is 9.18 Å². The van der Waals surface area contributed by atoms with Crippen molar-refractivity contribution >= 4 is 23.4 Å². The summed E-state index contributed by atoms with van der Waals surface area (Å²) in [5, 5.41) is 16.2. The van der Waals surface area contributed by atoms with Crippen molar-refractivity contribution in [2.24, 2.45) is 16.7 Å². The molecule has 3 fully saturated rings. The molecule has 3 aliphatic rings. The third kappa shape index (κ3) is 3.52. The van der Waals surface area contributed by atoms with Gasteiger partial charge in [0.2, 0.25) is 11.9 Å². The number of halogens is 1. The molecule has 10 heteroatoms. The highest BCUT2D eigenvalue weighted by Gasteiger charge is 2.59. The Morgan fingerprint density at radius 3 is 2.58 bits per heavy atom. The van der Waals surface area contributed by atoms with E-state index in [1.807, 2.05) is 9.80 Å². The highest BCUT2D eigenvalue weighted by atomic mass is 19.1. The lowest BCUT2D eigenvalue weighted by molar-refractivity contribution is -0.132. The number of anilines is 3. The third-order valence-corrected chi connectivity index (χ3v) is 7.10. The lowest BCUT2D eigenvalue weighted by atomic mass is 9.71. The molecule has 1 saturated carbocycles. The summed E-state index contributed by atoms with van der Waals surface area (Å²) in [5.41, 5.74) is 0.430. The number of hydrogen-bond donors (Lipinski definition) is 2. The first-order valence-electron chi connectivity index (χ1n) is 10.8. The minimum absolute atomic E-state index is 0.00546. The number of carbonyl (C=O) groups is 1. The Morgan fingerprint density at radius 2 is 1.94 bits per heavy atom. The second kappa shape index (κ2) is 7.15. The Labute approximate surface area is 180 Å². The third-order valence-electron chi connectivity index (χ3n) is 7.10. The Morgan fingerprint density at radius 1 is 1.23 bits per heavy atom. The maximum Gasteiger partial charge on any atom is 0.229 e. The van der Waals surface area contributed by atoms with Gasteiger partial charge in [-0.25, -0.2) is 9.37 Å². The summed E-state index contributed by atoms with van der Waals surface area (Å²) < 4.78 is 16.3. The van der Waals surface area contributed by atoms with Crippen LogP contribution in [0.3, 0.4) is 0 Å². The summed E-state index contributed by atoms with van der Waals surface area (Å²) in [6, 6.07) is 0. The predicted octanol–water partition coefficient (Wildman–Crippen LogP) is 1.63. The minimum Gasteiger partial charge on any atom is -0.394 e. The SMILES string of the molecule is C[C@@]12CN(C(=O)C3CC3)C[C@]1(C)CN(c1nc(Nc3cnn(CCO)c3)ncc1F)C2. The van der Waals surface area contributed by atoms with Crippen molar-refractivity contribution in [3.05, 3.63) is 24.4 Å². The van der Waals surface area contributed by atoms with Crippen LogP contribution >= 0.6 is 0 Å². The van der Waals surface area contributed by atoms with E-state index >= 15 is 0 Å². The van der Waals surface area contributed by atoms with E-state index in [2.05, 4.69) is 34.2 Å². The molecule has 0 unspecified atom stereocenters. The predicted molar refractivity (Wildman–Crippen MR) is 112 cm³/mol. The van der Waals surface area contributed by atoms with Crippen molar-refractivity contribution in [3.63, 3.8) is 0 Å². The van der Waals surface area contributed by atoms with Crippen LogP contribution in [0.4, 0.5) is 21.8 Å². The highest BCUT2D eigenvalue weighted by Crippen LogP contribution is 2.53. The van der Waals surface area contributed by atoms with E-state index in [4.69, 9.17) is 5.11 Å². The fourth-order valence-corrected chi connectivity index (χ4v) is 4.98. The molecule has 2 aromatic heterocycles. The van der Waals surface area contributed by atoms with Gasteiger partial charge in [-0.2, -0.15) is 10.1 Å². The minimum atomic E-state index is -0.459. The van der Waals surface area contributed by atoms with E-state index < -0.39 is 5.82 Å². The molecule has 166 valence electrons. The van der Waals surface area contributed by atoms with Crippen LogP contribution in [0.5, 0.6) is 0 Å². The van der Waals surface area contributed by atoms with Gasteiger partial charge in [-0.3, -0.25) is 9.48 Å². The number of nitrogens with zero attached hydrogens (tertiary/aromatic N) is 6. The molecule has 2 saturated heterocycles. The molecule has 0 spiro atoms. The monoisotopic (exact) mass is 429 g/mol. The van der Waals surface area contributed by atoms with Crippen LogP contribution in [0, 0.1) is 22.6 Å². The van der Waals surface area contributed by atoms with E-state index in [0.29, 0.717) is 38.4 Å². The molecule has 0 aromatic carbocycles. The number of aliphatic hydroxyl groups is 1. The van der Waals surface area contributed by atoms with Crippen LogP contribution in [0.1, 0.15) is 26.7 Å². The van der Waals surface area contributed by atoms with Crippen molar-refractivity contribution in [1.82, 2.24) is 24.6 Å². The topological polar surface area (TPSA) is 99.4 Å². The van der Waals surface area contributed by atoms with Gasteiger partial charge in [0.15, 0.2) is 11.6 Å². The van der Waals surface area contributed by atoms with Crippen molar-refractivity contribution < 1.29 is 14.3 Å². The summed E-state index contributed by atoms with van der Waals surface area (Å²) >= 11 is 0.